The van der Waals surface area contributed by atoms with E-state index in [1.165, 1.54) is 0 Å². The van der Waals surface area contributed by atoms with Gasteiger partial charge in [-0.3, -0.25) is 9.78 Å². The van der Waals surface area contributed by atoms with Crippen LogP contribution >= 0.6 is 0 Å². The lowest BCUT2D eigenvalue weighted by Crippen LogP contribution is -2.14. The summed E-state index contributed by atoms with van der Waals surface area (Å²) in [4.78, 5) is 20.4. The average Bonchev–Trinajstić information content (AvgIpc) is 2.67. The normalized spacial score (nSPS) is 10.9. The number of hydrogen-bond acceptors (Lipinski definition) is 5. The van der Waals surface area contributed by atoms with Crippen LogP contribution in [0.1, 0.15) is 16.8 Å². The Morgan fingerprint density at radius 3 is 2.67 bits per heavy atom. The lowest BCUT2D eigenvalue weighted by atomic mass is 9.96. The molecule has 0 amide bonds. The summed E-state index contributed by atoms with van der Waals surface area (Å²) in [5.41, 5.74) is 4.07. The number of aromatic nitrogens is 4. The number of pyridine rings is 2. The number of ether oxygens (including phenoxy) is 1. The van der Waals surface area contributed by atoms with E-state index >= 15 is 0 Å². The van der Waals surface area contributed by atoms with Gasteiger partial charge in [-0.1, -0.05) is 6.07 Å². The molecule has 134 valence electrons. The van der Waals surface area contributed by atoms with Gasteiger partial charge in [0.25, 0.3) is 5.56 Å². The molecule has 3 heterocycles. The van der Waals surface area contributed by atoms with Crippen molar-refractivity contribution in [3.05, 3.63) is 76.1 Å². The molecule has 0 spiro atoms. The summed E-state index contributed by atoms with van der Waals surface area (Å²) < 4.78 is 6.01. The maximum atomic E-state index is 12.0. The zero-order chi connectivity index (χ0) is 19.0. The molecule has 0 saturated carbocycles. The van der Waals surface area contributed by atoms with Crippen molar-refractivity contribution in [1.82, 2.24) is 20.2 Å². The van der Waals surface area contributed by atoms with Crippen molar-refractivity contribution in [1.29, 1.82) is 0 Å². The molecule has 0 aliphatic rings. The molecule has 0 fully saturated rings. The predicted octanol–water partition coefficient (Wildman–Crippen LogP) is 4.10. The van der Waals surface area contributed by atoms with Gasteiger partial charge < -0.3 is 4.74 Å². The fourth-order valence-electron chi connectivity index (χ4n) is 3.21. The van der Waals surface area contributed by atoms with E-state index < -0.39 is 0 Å². The molecular weight excluding hydrogens is 340 g/mol. The van der Waals surface area contributed by atoms with Crippen molar-refractivity contribution >= 4 is 10.8 Å². The molecule has 1 aromatic carbocycles. The van der Waals surface area contributed by atoms with Crippen molar-refractivity contribution < 1.29 is 4.74 Å². The third-order valence-corrected chi connectivity index (χ3v) is 4.62. The molecule has 0 aliphatic heterocycles. The van der Waals surface area contributed by atoms with Gasteiger partial charge in [0, 0.05) is 29.7 Å². The van der Waals surface area contributed by atoms with Crippen LogP contribution in [0, 0.1) is 20.8 Å². The quantitative estimate of drug-likeness (QED) is 0.596. The van der Waals surface area contributed by atoms with E-state index in [1.807, 2.05) is 44.2 Å². The van der Waals surface area contributed by atoms with E-state index in [0.717, 1.165) is 33.2 Å². The van der Waals surface area contributed by atoms with E-state index in [9.17, 15) is 4.79 Å². The van der Waals surface area contributed by atoms with Crippen LogP contribution in [0.3, 0.4) is 0 Å². The molecule has 0 unspecified atom stereocenters. The molecule has 0 saturated heterocycles. The summed E-state index contributed by atoms with van der Waals surface area (Å²) in [6.07, 6.45) is 5.20. The molecule has 0 aliphatic carbocycles. The van der Waals surface area contributed by atoms with Crippen LogP contribution < -0.4 is 10.3 Å². The second kappa shape index (κ2) is 6.64. The maximum absolute atomic E-state index is 12.0. The SMILES string of the molecule is Cc1cc(Oc2nccc3ccncc23)ccc1-c1c(C)n[nH]c(=O)c1C. The molecular formula is C21H18N4O2. The van der Waals surface area contributed by atoms with E-state index in [4.69, 9.17) is 4.74 Å². The predicted molar refractivity (Wildman–Crippen MR) is 104 cm³/mol. The van der Waals surface area contributed by atoms with Crippen LogP contribution in [0.5, 0.6) is 11.6 Å². The van der Waals surface area contributed by atoms with E-state index in [-0.39, 0.29) is 5.56 Å². The Morgan fingerprint density at radius 2 is 1.85 bits per heavy atom. The van der Waals surface area contributed by atoms with Crippen LogP contribution in [0.25, 0.3) is 21.9 Å². The third kappa shape index (κ3) is 3.06. The molecule has 0 atom stereocenters. The minimum absolute atomic E-state index is 0.178. The highest BCUT2D eigenvalue weighted by molar-refractivity contribution is 5.85. The fourth-order valence-corrected chi connectivity index (χ4v) is 3.21. The molecule has 0 radical (unpaired) electrons. The highest BCUT2D eigenvalue weighted by atomic mass is 16.5. The minimum Gasteiger partial charge on any atom is -0.438 e. The smallest absolute Gasteiger partial charge is 0.267 e. The molecule has 4 rings (SSSR count). The Balaban J connectivity index is 1.75. The van der Waals surface area contributed by atoms with Crippen LogP contribution in [0.2, 0.25) is 0 Å². The van der Waals surface area contributed by atoms with Gasteiger partial charge in [-0.15, -0.1) is 0 Å². The number of hydrogen-bond donors (Lipinski definition) is 1. The number of aromatic amines is 1. The molecule has 6 heteroatoms. The first kappa shape index (κ1) is 16.9. The number of rotatable bonds is 3. The van der Waals surface area contributed by atoms with Gasteiger partial charge in [0.15, 0.2) is 0 Å². The van der Waals surface area contributed by atoms with Gasteiger partial charge in [-0.25, -0.2) is 10.1 Å². The summed E-state index contributed by atoms with van der Waals surface area (Å²) in [7, 11) is 0. The van der Waals surface area contributed by atoms with Gasteiger partial charge in [0.1, 0.15) is 5.75 Å². The molecule has 27 heavy (non-hydrogen) atoms. The van der Waals surface area contributed by atoms with Crippen LogP contribution in [0.4, 0.5) is 0 Å². The summed E-state index contributed by atoms with van der Waals surface area (Å²) >= 11 is 0. The molecule has 4 aromatic rings. The highest BCUT2D eigenvalue weighted by Crippen LogP contribution is 2.32. The van der Waals surface area contributed by atoms with Crippen LogP contribution in [-0.2, 0) is 0 Å². The molecule has 0 bridgehead atoms. The van der Waals surface area contributed by atoms with Crippen molar-refractivity contribution in [3.63, 3.8) is 0 Å². The van der Waals surface area contributed by atoms with Gasteiger partial charge in [0.05, 0.1) is 11.1 Å². The summed E-state index contributed by atoms with van der Waals surface area (Å²) in [6.45, 7) is 5.68. The molecule has 1 N–H and O–H groups in total. The van der Waals surface area contributed by atoms with Crippen LogP contribution in [0.15, 0.2) is 53.7 Å². The van der Waals surface area contributed by atoms with Crippen molar-refractivity contribution in [3.8, 4) is 22.8 Å². The van der Waals surface area contributed by atoms with Crippen molar-refractivity contribution in [2.24, 2.45) is 0 Å². The number of fused-ring (bicyclic) bond motifs is 1. The highest BCUT2D eigenvalue weighted by Gasteiger charge is 2.13. The average molecular weight is 358 g/mol. The lowest BCUT2D eigenvalue weighted by molar-refractivity contribution is 0.469. The van der Waals surface area contributed by atoms with Gasteiger partial charge in [-0.05, 0) is 61.5 Å². The third-order valence-electron chi connectivity index (χ3n) is 4.62. The van der Waals surface area contributed by atoms with Gasteiger partial charge in [-0.2, -0.15) is 5.10 Å². The Kier molecular flexibility index (Phi) is 4.16. The number of H-pyrrole nitrogens is 1. The van der Waals surface area contributed by atoms with Crippen molar-refractivity contribution in [2.45, 2.75) is 20.8 Å². The topological polar surface area (TPSA) is 80.8 Å². The minimum atomic E-state index is -0.178. The first-order chi connectivity index (χ1) is 13.0. The second-order valence-electron chi connectivity index (χ2n) is 6.43. The zero-order valence-electron chi connectivity index (χ0n) is 15.3. The Labute approximate surface area is 155 Å². The number of aryl methyl sites for hydroxylation is 2. The lowest BCUT2D eigenvalue weighted by Gasteiger charge is -2.13. The Bertz CT molecular complexity index is 1210. The molecule has 6 nitrogen and oxygen atoms in total. The first-order valence-electron chi connectivity index (χ1n) is 8.58. The van der Waals surface area contributed by atoms with E-state index in [2.05, 4.69) is 20.2 Å². The van der Waals surface area contributed by atoms with E-state index in [0.29, 0.717) is 17.2 Å². The van der Waals surface area contributed by atoms with Gasteiger partial charge in [0.2, 0.25) is 5.88 Å². The van der Waals surface area contributed by atoms with Crippen LogP contribution in [-0.4, -0.2) is 20.2 Å². The summed E-state index contributed by atoms with van der Waals surface area (Å²) in [5, 5.41) is 8.48. The van der Waals surface area contributed by atoms with Gasteiger partial charge >= 0.3 is 0 Å². The number of benzene rings is 1. The van der Waals surface area contributed by atoms with E-state index in [1.54, 1.807) is 25.5 Å². The summed E-state index contributed by atoms with van der Waals surface area (Å²) in [6, 6.07) is 9.60. The number of nitrogens with one attached hydrogen (secondary N) is 1. The number of nitrogens with zero attached hydrogens (tertiary/aromatic N) is 3. The maximum Gasteiger partial charge on any atom is 0.267 e. The van der Waals surface area contributed by atoms with Crippen molar-refractivity contribution in [2.75, 3.05) is 0 Å². The fraction of sp³-hybridized carbons (Fsp3) is 0.143. The Morgan fingerprint density at radius 1 is 1.04 bits per heavy atom. The largest absolute Gasteiger partial charge is 0.438 e. The second-order valence-corrected chi connectivity index (χ2v) is 6.43. The monoisotopic (exact) mass is 358 g/mol. The standard InChI is InChI=1S/C21H18N4O2/c1-12-10-16(27-21-18-11-22-8-6-15(18)7-9-23-21)4-5-17(12)19-13(2)20(26)25-24-14(19)3/h4-11H,1-3H3,(H,25,26). The molecule has 3 aromatic heterocycles. The first-order valence-corrected chi connectivity index (χ1v) is 8.58. The zero-order valence-corrected chi connectivity index (χ0v) is 15.3. The Hall–Kier alpha value is -3.54. The summed E-state index contributed by atoms with van der Waals surface area (Å²) in [5.74, 6) is 1.19.